The second-order valence-corrected chi connectivity index (χ2v) is 5.31. The average Bonchev–Trinajstić information content (AvgIpc) is 2.46. The molecular weight excluding hydrogens is 272 g/mol. The topological polar surface area (TPSA) is 101 Å². The number of carbonyl (C=O) groups is 1. The van der Waals surface area contributed by atoms with Crippen LogP contribution in [0.25, 0.3) is 0 Å². The normalized spacial score (nSPS) is 15.8. The molecule has 0 aliphatic carbocycles. The number of nitro groups is 1. The molecule has 0 radical (unpaired) electrons. The van der Waals surface area contributed by atoms with Crippen LogP contribution in [0.3, 0.4) is 0 Å². The molecule has 7 heteroatoms. The lowest BCUT2D eigenvalue weighted by molar-refractivity contribution is -0.384. The van der Waals surface area contributed by atoms with E-state index in [1.807, 2.05) is 0 Å². The maximum Gasteiger partial charge on any atom is 0.271 e. The van der Waals surface area contributed by atoms with Crippen molar-refractivity contribution in [3.63, 3.8) is 0 Å². The summed E-state index contributed by atoms with van der Waals surface area (Å²) < 4.78 is 0. The summed E-state index contributed by atoms with van der Waals surface area (Å²) in [6.45, 7) is 3.76. The Morgan fingerprint density at radius 2 is 2.14 bits per heavy atom. The van der Waals surface area contributed by atoms with Gasteiger partial charge in [0.2, 0.25) is 5.91 Å². The fraction of sp³-hybridized carbons (Fsp3) is 0.500. The number of nitrogens with zero attached hydrogens (tertiary/aromatic N) is 2. The highest BCUT2D eigenvalue weighted by molar-refractivity contribution is 5.93. The van der Waals surface area contributed by atoms with Gasteiger partial charge in [-0.25, -0.2) is 0 Å². The predicted octanol–water partition coefficient (Wildman–Crippen LogP) is 1.73. The van der Waals surface area contributed by atoms with Crippen LogP contribution in [0.15, 0.2) is 18.2 Å². The predicted molar refractivity (Wildman–Crippen MR) is 81.4 cm³/mol. The maximum atomic E-state index is 11.3. The number of anilines is 2. The summed E-state index contributed by atoms with van der Waals surface area (Å²) in [6.07, 6.45) is 1.99. The van der Waals surface area contributed by atoms with Crippen molar-refractivity contribution in [1.82, 2.24) is 0 Å². The number of rotatable bonds is 4. The third kappa shape index (κ3) is 3.69. The zero-order valence-corrected chi connectivity index (χ0v) is 12.0. The zero-order chi connectivity index (χ0) is 15.4. The van der Waals surface area contributed by atoms with Crippen LogP contribution in [0.1, 0.15) is 19.8 Å². The largest absolute Gasteiger partial charge is 0.370 e. The van der Waals surface area contributed by atoms with Crippen molar-refractivity contribution < 1.29 is 9.72 Å². The van der Waals surface area contributed by atoms with Crippen molar-refractivity contribution in [1.29, 1.82) is 0 Å². The molecule has 114 valence electrons. The van der Waals surface area contributed by atoms with E-state index in [4.69, 9.17) is 5.73 Å². The molecule has 7 nitrogen and oxygen atoms in total. The number of non-ortho nitro benzene ring substituents is 1. The van der Waals surface area contributed by atoms with E-state index in [-0.39, 0.29) is 11.6 Å². The van der Waals surface area contributed by atoms with Crippen molar-refractivity contribution in [2.75, 3.05) is 29.9 Å². The van der Waals surface area contributed by atoms with E-state index in [0.29, 0.717) is 18.2 Å². The van der Waals surface area contributed by atoms with Gasteiger partial charge >= 0.3 is 0 Å². The van der Waals surface area contributed by atoms with E-state index in [1.54, 1.807) is 6.07 Å². The molecule has 0 unspecified atom stereocenters. The molecule has 1 fully saturated rings. The monoisotopic (exact) mass is 292 g/mol. The van der Waals surface area contributed by atoms with Crippen LogP contribution >= 0.6 is 0 Å². The quantitative estimate of drug-likeness (QED) is 0.650. The molecule has 0 spiro atoms. The lowest BCUT2D eigenvalue weighted by atomic mass is 9.96. The van der Waals surface area contributed by atoms with E-state index < -0.39 is 4.92 Å². The van der Waals surface area contributed by atoms with Gasteiger partial charge in [0.15, 0.2) is 0 Å². The smallest absolute Gasteiger partial charge is 0.271 e. The van der Waals surface area contributed by atoms with Crippen LogP contribution in [0.4, 0.5) is 17.1 Å². The molecule has 0 saturated carbocycles. The van der Waals surface area contributed by atoms with Gasteiger partial charge in [0, 0.05) is 32.1 Å². The Labute approximate surface area is 123 Å². The van der Waals surface area contributed by atoms with Gasteiger partial charge in [-0.1, -0.05) is 0 Å². The van der Waals surface area contributed by atoms with E-state index in [2.05, 4.69) is 10.2 Å². The van der Waals surface area contributed by atoms with Gasteiger partial charge in [-0.15, -0.1) is 0 Å². The summed E-state index contributed by atoms with van der Waals surface area (Å²) in [7, 11) is 0. The molecule has 0 atom stereocenters. The number of hydrogen-bond acceptors (Lipinski definition) is 5. The van der Waals surface area contributed by atoms with Crippen LogP contribution in [0.2, 0.25) is 0 Å². The lowest BCUT2D eigenvalue weighted by Crippen LogP contribution is -2.36. The minimum atomic E-state index is -0.463. The number of piperidine rings is 1. The lowest BCUT2D eigenvalue weighted by Gasteiger charge is -2.34. The van der Waals surface area contributed by atoms with Gasteiger partial charge in [0.25, 0.3) is 5.69 Å². The fourth-order valence-corrected chi connectivity index (χ4v) is 2.61. The summed E-state index contributed by atoms with van der Waals surface area (Å²) in [5.41, 5.74) is 6.97. The summed E-state index contributed by atoms with van der Waals surface area (Å²) in [5, 5.41) is 13.6. The molecule has 21 heavy (non-hydrogen) atoms. The summed E-state index contributed by atoms with van der Waals surface area (Å²) in [4.78, 5) is 23.9. The number of carbonyl (C=O) groups excluding carboxylic acids is 1. The van der Waals surface area contributed by atoms with Gasteiger partial charge in [-0.05, 0) is 31.4 Å². The number of benzene rings is 1. The third-order valence-electron chi connectivity index (χ3n) is 3.79. The third-order valence-corrected chi connectivity index (χ3v) is 3.79. The van der Waals surface area contributed by atoms with Gasteiger partial charge in [-0.2, -0.15) is 0 Å². The summed E-state index contributed by atoms with van der Waals surface area (Å²) in [6, 6.07) is 4.58. The number of nitrogens with two attached hydrogens (primary N) is 1. The minimum Gasteiger partial charge on any atom is -0.370 e. The van der Waals surface area contributed by atoms with Crippen molar-refractivity contribution in [2.45, 2.75) is 19.8 Å². The Bertz CT molecular complexity index is 539. The minimum absolute atomic E-state index is 0.0284. The molecule has 1 aromatic rings. The molecule has 1 heterocycles. The SMILES string of the molecule is CC(=O)Nc1cc([N+](=O)[O-])ccc1N1CCC(CN)CC1. The molecule has 0 bridgehead atoms. The first-order valence-corrected chi connectivity index (χ1v) is 7.02. The fourth-order valence-electron chi connectivity index (χ4n) is 2.61. The molecule has 1 aromatic carbocycles. The molecule has 1 aliphatic rings. The van der Waals surface area contributed by atoms with Gasteiger partial charge in [0.1, 0.15) is 0 Å². The van der Waals surface area contributed by atoms with E-state index in [9.17, 15) is 14.9 Å². The highest BCUT2D eigenvalue weighted by Crippen LogP contribution is 2.32. The molecule has 1 aliphatic heterocycles. The first kappa shape index (κ1) is 15.2. The molecule has 1 amide bonds. The Morgan fingerprint density at radius 1 is 1.48 bits per heavy atom. The second-order valence-electron chi connectivity index (χ2n) is 5.31. The Balaban J connectivity index is 2.25. The molecule has 2 rings (SSSR count). The van der Waals surface area contributed by atoms with E-state index in [1.165, 1.54) is 19.1 Å². The van der Waals surface area contributed by atoms with Crippen molar-refractivity contribution in [2.24, 2.45) is 11.7 Å². The first-order valence-electron chi connectivity index (χ1n) is 7.02. The highest BCUT2D eigenvalue weighted by Gasteiger charge is 2.22. The Hall–Kier alpha value is -2.15. The Kier molecular flexibility index (Phi) is 4.74. The Morgan fingerprint density at radius 3 is 2.67 bits per heavy atom. The molecular formula is C14H20N4O3. The van der Waals surface area contributed by atoms with Crippen molar-refractivity contribution in [3.05, 3.63) is 28.3 Å². The van der Waals surface area contributed by atoms with Crippen LogP contribution in [0.5, 0.6) is 0 Å². The summed E-state index contributed by atoms with van der Waals surface area (Å²) in [5.74, 6) is 0.289. The van der Waals surface area contributed by atoms with E-state index in [0.717, 1.165) is 31.6 Å². The van der Waals surface area contributed by atoms with Crippen LogP contribution < -0.4 is 16.0 Å². The van der Waals surface area contributed by atoms with Gasteiger partial charge < -0.3 is 16.0 Å². The molecule has 1 saturated heterocycles. The molecule has 3 N–H and O–H groups in total. The second kappa shape index (κ2) is 6.53. The van der Waals surface area contributed by atoms with E-state index >= 15 is 0 Å². The van der Waals surface area contributed by atoms with Crippen LogP contribution in [-0.4, -0.2) is 30.5 Å². The average molecular weight is 292 g/mol. The van der Waals surface area contributed by atoms with Gasteiger partial charge in [-0.3, -0.25) is 14.9 Å². The standard InChI is InChI=1S/C14H20N4O3/c1-10(19)16-13-8-12(18(20)21)2-3-14(13)17-6-4-11(9-15)5-7-17/h2-3,8,11H,4-7,9,15H2,1H3,(H,16,19). The van der Waals surface area contributed by atoms with Gasteiger partial charge in [0.05, 0.1) is 16.3 Å². The number of nitrogens with one attached hydrogen (secondary N) is 1. The van der Waals surface area contributed by atoms with Crippen molar-refractivity contribution in [3.8, 4) is 0 Å². The first-order chi connectivity index (χ1) is 10.0. The number of nitro benzene ring substituents is 1. The number of amides is 1. The summed E-state index contributed by atoms with van der Waals surface area (Å²) >= 11 is 0. The zero-order valence-electron chi connectivity index (χ0n) is 12.0. The highest BCUT2D eigenvalue weighted by atomic mass is 16.6. The maximum absolute atomic E-state index is 11.3. The van der Waals surface area contributed by atoms with Crippen LogP contribution in [-0.2, 0) is 4.79 Å². The van der Waals surface area contributed by atoms with Crippen molar-refractivity contribution >= 4 is 23.0 Å². The number of hydrogen-bond donors (Lipinski definition) is 2. The molecule has 0 aromatic heterocycles. The van der Waals surface area contributed by atoms with Crippen LogP contribution in [0, 0.1) is 16.0 Å².